The van der Waals surface area contributed by atoms with Crippen molar-refractivity contribution in [3.05, 3.63) is 75.0 Å². The molecule has 1 saturated heterocycles. The molecule has 0 amide bonds. The molecular weight excluding hydrogens is 400 g/mol. The Morgan fingerprint density at radius 3 is 2.66 bits per heavy atom. The van der Waals surface area contributed by atoms with Crippen LogP contribution in [0.1, 0.15) is 54.1 Å². The van der Waals surface area contributed by atoms with E-state index in [1.54, 1.807) is 12.1 Å². The number of aryl methyl sites for hydroxylation is 2. The van der Waals surface area contributed by atoms with Gasteiger partial charge in [-0.15, -0.1) is 0 Å². The van der Waals surface area contributed by atoms with Crippen molar-refractivity contribution in [1.82, 2.24) is 15.2 Å². The average molecular weight is 433 g/mol. The minimum Gasteiger partial charge on any atom is -0.357 e. The van der Waals surface area contributed by atoms with Crippen molar-refractivity contribution in [3.63, 3.8) is 0 Å². The highest BCUT2D eigenvalue weighted by Crippen LogP contribution is 2.36. The number of rotatable bonds is 6. The van der Waals surface area contributed by atoms with Gasteiger partial charge in [-0.05, 0) is 75.7 Å². The van der Waals surface area contributed by atoms with Crippen LogP contribution in [0.25, 0.3) is 10.9 Å². The molecule has 3 aromatic rings. The Bertz CT molecular complexity index is 1100. The van der Waals surface area contributed by atoms with Gasteiger partial charge in [0.2, 0.25) is 0 Å². The highest BCUT2D eigenvalue weighted by Gasteiger charge is 2.28. The summed E-state index contributed by atoms with van der Waals surface area (Å²) in [6.07, 6.45) is 6.69. The first-order valence-corrected chi connectivity index (χ1v) is 11.9. The van der Waals surface area contributed by atoms with Gasteiger partial charge in [-0.25, -0.2) is 0 Å². The van der Waals surface area contributed by atoms with E-state index in [4.69, 9.17) is 0 Å². The van der Waals surface area contributed by atoms with E-state index in [0.29, 0.717) is 12.1 Å². The van der Waals surface area contributed by atoms with E-state index < -0.39 is 0 Å². The fourth-order valence-corrected chi connectivity index (χ4v) is 5.38. The third-order valence-corrected chi connectivity index (χ3v) is 7.26. The molecule has 0 radical (unpaired) electrons. The number of nitro groups is 1. The Kier molecular flexibility index (Phi) is 5.98. The quantitative estimate of drug-likeness (QED) is 0.422. The molecule has 0 spiro atoms. The van der Waals surface area contributed by atoms with Crippen molar-refractivity contribution < 1.29 is 4.92 Å². The monoisotopic (exact) mass is 432 g/mol. The number of hydrogen-bond acceptors (Lipinski definition) is 4. The number of aromatic nitrogens is 1. The molecule has 2 aromatic carbocycles. The number of hydrogen-bond donors (Lipinski definition) is 2. The van der Waals surface area contributed by atoms with E-state index in [9.17, 15) is 10.1 Å². The first-order valence-electron chi connectivity index (χ1n) is 11.9. The van der Waals surface area contributed by atoms with Gasteiger partial charge in [-0.2, -0.15) is 0 Å². The smallest absolute Gasteiger partial charge is 0.270 e. The summed E-state index contributed by atoms with van der Waals surface area (Å²) in [4.78, 5) is 17.1. The predicted octanol–water partition coefficient (Wildman–Crippen LogP) is 5.06. The summed E-state index contributed by atoms with van der Waals surface area (Å²) < 4.78 is 0. The molecule has 6 nitrogen and oxygen atoms in total. The molecule has 2 N–H and O–H groups in total. The summed E-state index contributed by atoms with van der Waals surface area (Å²) >= 11 is 0. The van der Waals surface area contributed by atoms with Gasteiger partial charge in [0.1, 0.15) is 0 Å². The second-order valence-corrected chi connectivity index (χ2v) is 9.47. The zero-order valence-corrected chi connectivity index (χ0v) is 18.8. The van der Waals surface area contributed by atoms with Crippen LogP contribution in [0.5, 0.6) is 0 Å². The Balaban J connectivity index is 1.19. The second kappa shape index (κ2) is 9.04. The molecule has 1 aromatic heterocycles. The topological polar surface area (TPSA) is 74.2 Å². The van der Waals surface area contributed by atoms with E-state index in [0.717, 1.165) is 56.2 Å². The van der Waals surface area contributed by atoms with Crippen LogP contribution in [0.4, 0.5) is 5.69 Å². The minimum atomic E-state index is -0.302. The number of likely N-dealkylation sites (tertiary alicyclic amines) is 1. The number of aromatic amines is 1. The third-order valence-electron chi connectivity index (χ3n) is 7.26. The van der Waals surface area contributed by atoms with Gasteiger partial charge in [0, 0.05) is 47.4 Å². The molecule has 2 aliphatic rings. The molecule has 1 fully saturated rings. The highest BCUT2D eigenvalue weighted by atomic mass is 16.6. The number of piperidine rings is 1. The van der Waals surface area contributed by atoms with Gasteiger partial charge in [0.25, 0.3) is 5.69 Å². The molecule has 6 heteroatoms. The maximum atomic E-state index is 11.2. The molecular formula is C26H32N4O2. The van der Waals surface area contributed by atoms with Crippen molar-refractivity contribution in [1.29, 1.82) is 0 Å². The first kappa shape index (κ1) is 21.2. The average Bonchev–Trinajstić information content (AvgIpc) is 3.19. The van der Waals surface area contributed by atoms with Gasteiger partial charge >= 0.3 is 0 Å². The molecule has 2 heterocycles. The van der Waals surface area contributed by atoms with Gasteiger partial charge in [-0.3, -0.25) is 10.1 Å². The van der Waals surface area contributed by atoms with Crippen molar-refractivity contribution in [2.75, 3.05) is 19.6 Å². The SMILES string of the molecule is Cc1ccc(CCN2CCC(NC3CCCc4c3[nH]c3ccc([N+](=O)[O-])cc43)CC2)cc1. The van der Waals surface area contributed by atoms with E-state index in [1.165, 1.54) is 35.2 Å². The Labute approximate surface area is 189 Å². The molecule has 1 atom stereocenters. The Morgan fingerprint density at radius 1 is 1.12 bits per heavy atom. The van der Waals surface area contributed by atoms with Gasteiger partial charge < -0.3 is 15.2 Å². The molecule has 168 valence electrons. The normalized spacial score (nSPS) is 19.8. The lowest BCUT2D eigenvalue weighted by Gasteiger charge is -2.35. The van der Waals surface area contributed by atoms with Crippen LogP contribution in [-0.2, 0) is 12.8 Å². The third kappa shape index (κ3) is 4.43. The van der Waals surface area contributed by atoms with Crippen LogP contribution in [0.3, 0.4) is 0 Å². The number of nitrogens with zero attached hydrogens (tertiary/aromatic N) is 2. The maximum Gasteiger partial charge on any atom is 0.270 e. The van der Waals surface area contributed by atoms with Crippen molar-refractivity contribution in [2.24, 2.45) is 0 Å². The molecule has 1 unspecified atom stereocenters. The Morgan fingerprint density at radius 2 is 1.91 bits per heavy atom. The first-order chi connectivity index (χ1) is 15.6. The van der Waals surface area contributed by atoms with Gasteiger partial charge in [-0.1, -0.05) is 29.8 Å². The van der Waals surface area contributed by atoms with Crippen molar-refractivity contribution >= 4 is 16.6 Å². The summed E-state index contributed by atoms with van der Waals surface area (Å²) in [5, 5.41) is 16.1. The summed E-state index contributed by atoms with van der Waals surface area (Å²) in [6, 6.07) is 14.9. The molecule has 0 bridgehead atoms. The second-order valence-electron chi connectivity index (χ2n) is 9.47. The van der Waals surface area contributed by atoms with Crippen LogP contribution < -0.4 is 5.32 Å². The van der Waals surface area contributed by atoms with E-state index in [2.05, 4.69) is 46.4 Å². The largest absolute Gasteiger partial charge is 0.357 e. The minimum absolute atomic E-state index is 0.174. The maximum absolute atomic E-state index is 11.2. The summed E-state index contributed by atoms with van der Waals surface area (Å²) in [5.74, 6) is 0. The van der Waals surface area contributed by atoms with E-state index in [-0.39, 0.29) is 10.6 Å². The fraction of sp³-hybridized carbons (Fsp3) is 0.462. The van der Waals surface area contributed by atoms with Crippen LogP contribution in [0.15, 0.2) is 42.5 Å². The summed E-state index contributed by atoms with van der Waals surface area (Å²) in [6.45, 7) is 5.55. The number of H-pyrrole nitrogens is 1. The van der Waals surface area contributed by atoms with Gasteiger partial charge in [0.15, 0.2) is 0 Å². The van der Waals surface area contributed by atoms with Crippen LogP contribution in [-0.4, -0.2) is 40.5 Å². The summed E-state index contributed by atoms with van der Waals surface area (Å²) in [7, 11) is 0. The summed E-state index contributed by atoms with van der Waals surface area (Å²) in [5.41, 5.74) is 6.44. The lowest BCUT2D eigenvalue weighted by Crippen LogP contribution is -2.44. The highest BCUT2D eigenvalue weighted by molar-refractivity contribution is 5.87. The molecule has 5 rings (SSSR count). The number of nitro benzene ring substituents is 1. The zero-order valence-electron chi connectivity index (χ0n) is 18.8. The van der Waals surface area contributed by atoms with Gasteiger partial charge in [0.05, 0.1) is 4.92 Å². The fourth-order valence-electron chi connectivity index (χ4n) is 5.38. The number of benzene rings is 2. The van der Waals surface area contributed by atoms with Crippen LogP contribution in [0, 0.1) is 17.0 Å². The van der Waals surface area contributed by atoms with E-state index >= 15 is 0 Å². The lowest BCUT2D eigenvalue weighted by atomic mass is 9.90. The molecule has 0 saturated carbocycles. The van der Waals surface area contributed by atoms with E-state index in [1.807, 2.05) is 6.07 Å². The molecule has 1 aliphatic carbocycles. The van der Waals surface area contributed by atoms with Crippen LogP contribution >= 0.6 is 0 Å². The standard InChI is InChI=1S/C26H32N4O2/c1-18-5-7-19(8-6-18)11-14-29-15-12-20(13-16-29)27-25-4-2-3-22-23-17-21(30(31)32)9-10-24(23)28-26(22)25/h5-10,17,20,25,27-28H,2-4,11-16H2,1H3. The Hall–Kier alpha value is -2.70. The lowest BCUT2D eigenvalue weighted by molar-refractivity contribution is -0.384. The number of nitrogens with one attached hydrogen (secondary N) is 2. The predicted molar refractivity (Wildman–Crippen MR) is 128 cm³/mol. The molecule has 1 aliphatic heterocycles. The zero-order chi connectivity index (χ0) is 22.1. The van der Waals surface area contributed by atoms with Crippen LogP contribution in [0.2, 0.25) is 0 Å². The van der Waals surface area contributed by atoms with Crippen molar-refractivity contribution in [2.45, 2.75) is 57.5 Å². The number of fused-ring (bicyclic) bond motifs is 3. The number of non-ortho nitro benzene ring substituents is 1. The van der Waals surface area contributed by atoms with Crippen molar-refractivity contribution in [3.8, 4) is 0 Å². The molecule has 32 heavy (non-hydrogen) atoms.